The minimum atomic E-state index is -0.760. The van der Waals surface area contributed by atoms with Gasteiger partial charge in [-0.05, 0) is 25.2 Å². The highest BCUT2D eigenvalue weighted by molar-refractivity contribution is 5.71. The Labute approximate surface area is 393 Å². The summed E-state index contributed by atoms with van der Waals surface area (Å²) >= 11 is 0. The first-order valence-corrected chi connectivity index (χ1v) is 28.4. The van der Waals surface area contributed by atoms with E-state index < -0.39 is 6.10 Å². The van der Waals surface area contributed by atoms with E-state index >= 15 is 0 Å². The predicted octanol–water partition coefficient (Wildman–Crippen LogP) is 18.6. The molecule has 374 valence electrons. The van der Waals surface area contributed by atoms with Crippen molar-refractivity contribution in [3.05, 3.63) is 0 Å². The van der Waals surface area contributed by atoms with Crippen molar-refractivity contribution in [3.63, 3.8) is 0 Å². The van der Waals surface area contributed by atoms with Gasteiger partial charge in [-0.15, -0.1) is 0 Å². The zero-order chi connectivity index (χ0) is 45.9. The molecule has 0 aromatic heterocycles. The Morgan fingerprint density at radius 2 is 0.524 bits per heavy atom. The van der Waals surface area contributed by atoms with Gasteiger partial charge in [0.25, 0.3) is 0 Å². The maximum absolute atomic E-state index is 12.8. The minimum Gasteiger partial charge on any atom is -0.462 e. The Kier molecular flexibility index (Phi) is 50.1. The van der Waals surface area contributed by atoms with Crippen molar-refractivity contribution in [2.75, 3.05) is 13.2 Å². The molecule has 1 atom stereocenters. The smallest absolute Gasteiger partial charge is 0.306 e. The lowest BCUT2D eigenvalue weighted by Gasteiger charge is -2.18. The van der Waals surface area contributed by atoms with E-state index in [0.717, 1.165) is 63.7 Å². The lowest BCUT2D eigenvalue weighted by Crippen LogP contribution is -2.30. The largest absolute Gasteiger partial charge is 0.462 e. The van der Waals surface area contributed by atoms with Gasteiger partial charge in [0.2, 0.25) is 0 Å². The monoisotopic (exact) mass is 891 g/mol. The predicted molar refractivity (Wildman–Crippen MR) is 270 cm³/mol. The van der Waals surface area contributed by atoms with Crippen molar-refractivity contribution in [1.82, 2.24) is 0 Å². The number of unbranched alkanes of at least 4 members (excludes halogenated alkanes) is 39. The first-order valence-electron chi connectivity index (χ1n) is 28.4. The number of carbonyl (C=O) groups is 3. The molecule has 0 aliphatic carbocycles. The zero-order valence-electron chi connectivity index (χ0n) is 43.0. The van der Waals surface area contributed by atoms with Crippen LogP contribution in [0.3, 0.4) is 0 Å². The highest BCUT2D eigenvalue weighted by Crippen LogP contribution is 2.18. The van der Waals surface area contributed by atoms with Gasteiger partial charge in [0.15, 0.2) is 6.10 Å². The summed E-state index contributed by atoms with van der Waals surface area (Å²) in [6.45, 7) is 9.03. The second-order valence-corrected chi connectivity index (χ2v) is 20.1. The van der Waals surface area contributed by atoms with Gasteiger partial charge in [0.05, 0.1) is 0 Å². The third kappa shape index (κ3) is 51.3. The van der Waals surface area contributed by atoms with Gasteiger partial charge >= 0.3 is 17.9 Å². The molecule has 0 saturated carbocycles. The lowest BCUT2D eigenvalue weighted by molar-refractivity contribution is -0.167. The van der Waals surface area contributed by atoms with Crippen molar-refractivity contribution >= 4 is 17.9 Å². The average molecular weight is 892 g/mol. The van der Waals surface area contributed by atoms with Crippen molar-refractivity contribution < 1.29 is 28.6 Å². The standard InChI is InChI=1S/C57H110O6/c1-5-7-9-11-13-14-15-16-17-18-19-20-25-28-31-34-38-42-46-50-57(60)63-54(51-61-55(58)48-44-40-35-12-10-8-6-2)52-62-56(59)49-45-41-37-33-30-27-24-22-21-23-26-29-32-36-39-43-47-53(3)4/h53-54H,5-52H2,1-4H3/t54-/m0/s1. The highest BCUT2D eigenvalue weighted by Gasteiger charge is 2.19. The van der Waals surface area contributed by atoms with Gasteiger partial charge < -0.3 is 14.2 Å². The van der Waals surface area contributed by atoms with Crippen LogP contribution in [0.5, 0.6) is 0 Å². The van der Waals surface area contributed by atoms with Gasteiger partial charge in [-0.3, -0.25) is 14.4 Å². The first-order chi connectivity index (χ1) is 30.9. The summed E-state index contributed by atoms with van der Waals surface area (Å²) < 4.78 is 16.8. The normalized spacial score (nSPS) is 12.0. The van der Waals surface area contributed by atoms with E-state index in [1.54, 1.807) is 0 Å². The molecule has 0 rings (SSSR count). The SMILES string of the molecule is CCCCCCCCCCCCCCCCCCCCCC(=O)O[C@@H](COC(=O)CCCCCCCCC)COC(=O)CCCCCCCCCCCCCCCCCCC(C)C. The summed E-state index contributed by atoms with van der Waals surface area (Å²) in [6, 6.07) is 0. The van der Waals surface area contributed by atoms with Gasteiger partial charge in [-0.2, -0.15) is 0 Å². The van der Waals surface area contributed by atoms with Crippen LogP contribution in [-0.4, -0.2) is 37.2 Å². The van der Waals surface area contributed by atoms with Crippen LogP contribution in [-0.2, 0) is 28.6 Å². The Bertz CT molecular complexity index is 949. The molecule has 0 aromatic rings. The number of hydrogen-bond donors (Lipinski definition) is 0. The number of rotatable bonds is 52. The third-order valence-corrected chi connectivity index (χ3v) is 13.0. The molecule has 0 aromatic carbocycles. The quantitative estimate of drug-likeness (QED) is 0.0344. The van der Waals surface area contributed by atoms with Gasteiger partial charge in [-0.1, -0.05) is 285 Å². The summed E-state index contributed by atoms with van der Waals surface area (Å²) in [6.07, 6.45) is 55.4. The lowest BCUT2D eigenvalue weighted by atomic mass is 10.0. The summed E-state index contributed by atoms with van der Waals surface area (Å²) in [7, 11) is 0. The van der Waals surface area contributed by atoms with Crippen molar-refractivity contribution in [3.8, 4) is 0 Å². The molecule has 63 heavy (non-hydrogen) atoms. The number of esters is 3. The van der Waals surface area contributed by atoms with E-state index in [0.29, 0.717) is 19.3 Å². The summed E-state index contributed by atoms with van der Waals surface area (Å²) in [5.41, 5.74) is 0. The van der Waals surface area contributed by atoms with Crippen molar-refractivity contribution in [2.24, 2.45) is 5.92 Å². The van der Waals surface area contributed by atoms with Crippen LogP contribution < -0.4 is 0 Å². The first kappa shape index (κ1) is 61.4. The molecule has 0 bridgehead atoms. The van der Waals surface area contributed by atoms with E-state index in [1.165, 1.54) is 218 Å². The molecule has 0 aliphatic heterocycles. The Morgan fingerprint density at radius 1 is 0.302 bits per heavy atom. The topological polar surface area (TPSA) is 78.9 Å². The minimum absolute atomic E-state index is 0.0626. The molecule has 0 fully saturated rings. The second-order valence-electron chi connectivity index (χ2n) is 20.1. The molecule has 0 amide bonds. The van der Waals surface area contributed by atoms with E-state index in [2.05, 4.69) is 27.7 Å². The maximum atomic E-state index is 12.8. The fraction of sp³-hybridized carbons (Fsp3) is 0.947. The molecule has 0 aliphatic rings. The summed E-state index contributed by atoms with van der Waals surface area (Å²) in [5.74, 6) is 0.00787. The van der Waals surface area contributed by atoms with Crippen LogP contribution in [0.25, 0.3) is 0 Å². The van der Waals surface area contributed by atoms with Crippen molar-refractivity contribution in [1.29, 1.82) is 0 Å². The number of ether oxygens (including phenoxy) is 3. The van der Waals surface area contributed by atoms with E-state index in [-0.39, 0.29) is 31.1 Å². The summed E-state index contributed by atoms with van der Waals surface area (Å²) in [4.78, 5) is 37.9. The average Bonchev–Trinajstić information content (AvgIpc) is 3.27. The molecular weight excluding hydrogens is 781 g/mol. The van der Waals surface area contributed by atoms with E-state index in [4.69, 9.17) is 14.2 Å². The van der Waals surface area contributed by atoms with Crippen LogP contribution in [0.4, 0.5) is 0 Å². The number of hydrogen-bond acceptors (Lipinski definition) is 6. The molecule has 0 radical (unpaired) electrons. The van der Waals surface area contributed by atoms with Crippen LogP contribution in [0.2, 0.25) is 0 Å². The maximum Gasteiger partial charge on any atom is 0.306 e. The molecule has 6 nitrogen and oxygen atoms in total. The van der Waals surface area contributed by atoms with Crippen LogP contribution in [0.15, 0.2) is 0 Å². The molecule has 6 heteroatoms. The fourth-order valence-electron chi connectivity index (χ4n) is 8.75. The van der Waals surface area contributed by atoms with Crippen LogP contribution in [0.1, 0.15) is 323 Å². The molecule has 0 unspecified atom stereocenters. The molecule has 0 heterocycles. The van der Waals surface area contributed by atoms with E-state index in [9.17, 15) is 14.4 Å². The Morgan fingerprint density at radius 3 is 0.778 bits per heavy atom. The van der Waals surface area contributed by atoms with E-state index in [1.807, 2.05) is 0 Å². The Balaban J connectivity index is 4.13. The highest BCUT2D eigenvalue weighted by atomic mass is 16.6. The number of carbonyl (C=O) groups excluding carboxylic acids is 3. The Hall–Kier alpha value is -1.59. The molecule has 0 spiro atoms. The summed E-state index contributed by atoms with van der Waals surface area (Å²) in [5, 5.41) is 0. The van der Waals surface area contributed by atoms with Gasteiger partial charge in [0.1, 0.15) is 13.2 Å². The fourth-order valence-corrected chi connectivity index (χ4v) is 8.75. The second kappa shape index (κ2) is 51.4. The third-order valence-electron chi connectivity index (χ3n) is 13.0. The molecule has 0 saturated heterocycles. The van der Waals surface area contributed by atoms with Gasteiger partial charge in [-0.25, -0.2) is 0 Å². The molecule has 0 N–H and O–H groups in total. The van der Waals surface area contributed by atoms with Crippen LogP contribution in [0, 0.1) is 5.92 Å². The van der Waals surface area contributed by atoms with Gasteiger partial charge in [0, 0.05) is 19.3 Å². The van der Waals surface area contributed by atoms with Crippen LogP contribution >= 0.6 is 0 Å². The molecular formula is C57H110O6. The van der Waals surface area contributed by atoms with Crippen molar-refractivity contribution in [2.45, 2.75) is 329 Å². The zero-order valence-corrected chi connectivity index (χ0v) is 43.0.